The van der Waals surface area contributed by atoms with Crippen LogP contribution in [0.1, 0.15) is 16.0 Å². The average Bonchev–Trinajstić information content (AvgIpc) is 3.13. The molecule has 4 heterocycles. The predicted molar refractivity (Wildman–Crippen MR) is 100 cm³/mol. The lowest BCUT2D eigenvalue weighted by atomic mass is 10.0. The molecule has 0 amide bonds. The average molecular weight is 378 g/mol. The smallest absolute Gasteiger partial charge is 0.153 e. The standard InChI is InChI=1S/C18H23N3O2S2/c1-14-4-9-24-18(14)11-21-8-7-20(10-15-2-5-19-6-3-15)16-12-25(22,23)13-17(16)21/h2-6,9,16-17H,7-8,10-13H2,1H3. The van der Waals surface area contributed by atoms with Gasteiger partial charge in [-0.1, -0.05) is 0 Å². The Morgan fingerprint density at radius 3 is 2.32 bits per heavy atom. The number of hydrogen-bond acceptors (Lipinski definition) is 6. The molecule has 2 aliphatic rings. The number of pyridine rings is 1. The van der Waals surface area contributed by atoms with Crippen LogP contribution in [0.15, 0.2) is 36.0 Å². The van der Waals surface area contributed by atoms with Gasteiger partial charge in [0.05, 0.1) is 11.5 Å². The molecule has 0 saturated carbocycles. The Balaban J connectivity index is 1.54. The monoisotopic (exact) mass is 377 g/mol. The van der Waals surface area contributed by atoms with Crippen LogP contribution in [0.3, 0.4) is 0 Å². The van der Waals surface area contributed by atoms with Gasteiger partial charge in [-0.25, -0.2) is 8.42 Å². The molecule has 2 aliphatic heterocycles. The van der Waals surface area contributed by atoms with Gasteiger partial charge in [0.1, 0.15) is 0 Å². The summed E-state index contributed by atoms with van der Waals surface area (Å²) in [6, 6.07) is 6.36. The highest BCUT2D eigenvalue weighted by atomic mass is 32.2. The van der Waals surface area contributed by atoms with Crippen LogP contribution >= 0.6 is 11.3 Å². The van der Waals surface area contributed by atoms with Crippen LogP contribution in [0.2, 0.25) is 0 Å². The summed E-state index contributed by atoms with van der Waals surface area (Å²) in [5.74, 6) is 0.567. The van der Waals surface area contributed by atoms with Crippen molar-refractivity contribution in [3.05, 3.63) is 52.0 Å². The number of piperazine rings is 1. The summed E-state index contributed by atoms with van der Waals surface area (Å²) in [6.07, 6.45) is 3.60. The number of sulfone groups is 1. The molecule has 0 aliphatic carbocycles. The topological polar surface area (TPSA) is 53.5 Å². The Kier molecular flexibility index (Phi) is 4.66. The van der Waals surface area contributed by atoms with Gasteiger partial charge in [-0.05, 0) is 41.6 Å². The van der Waals surface area contributed by atoms with E-state index in [1.807, 2.05) is 12.1 Å². The molecular formula is C18H23N3O2S2. The fourth-order valence-electron chi connectivity index (χ4n) is 3.96. The van der Waals surface area contributed by atoms with Gasteiger partial charge in [0.2, 0.25) is 0 Å². The maximum atomic E-state index is 12.3. The predicted octanol–water partition coefficient (Wildman–Crippen LogP) is 1.93. The van der Waals surface area contributed by atoms with E-state index in [1.165, 1.54) is 16.0 Å². The minimum absolute atomic E-state index is 0.0900. The molecule has 5 nitrogen and oxygen atoms in total. The fourth-order valence-corrected chi connectivity index (χ4v) is 6.94. The van der Waals surface area contributed by atoms with Crippen LogP contribution in [0.5, 0.6) is 0 Å². The molecule has 0 bridgehead atoms. The van der Waals surface area contributed by atoms with Crippen molar-refractivity contribution in [1.82, 2.24) is 14.8 Å². The Morgan fingerprint density at radius 1 is 1.08 bits per heavy atom. The van der Waals surface area contributed by atoms with E-state index in [9.17, 15) is 8.42 Å². The molecule has 2 aromatic heterocycles. The molecule has 134 valence electrons. The van der Waals surface area contributed by atoms with E-state index in [0.29, 0.717) is 0 Å². The molecular weight excluding hydrogens is 354 g/mol. The first-order valence-electron chi connectivity index (χ1n) is 8.62. The lowest BCUT2D eigenvalue weighted by Crippen LogP contribution is -2.58. The van der Waals surface area contributed by atoms with E-state index >= 15 is 0 Å². The van der Waals surface area contributed by atoms with Gasteiger partial charge in [0.15, 0.2) is 9.84 Å². The Morgan fingerprint density at radius 2 is 1.72 bits per heavy atom. The normalized spacial score (nSPS) is 26.6. The van der Waals surface area contributed by atoms with Crippen LogP contribution in [0.4, 0.5) is 0 Å². The third kappa shape index (κ3) is 3.65. The van der Waals surface area contributed by atoms with Crippen LogP contribution in [0.25, 0.3) is 0 Å². The quantitative estimate of drug-likeness (QED) is 0.815. The van der Waals surface area contributed by atoms with Gasteiger partial charge in [0.25, 0.3) is 0 Å². The summed E-state index contributed by atoms with van der Waals surface area (Å²) in [5.41, 5.74) is 2.50. The number of thiophene rings is 1. The molecule has 0 N–H and O–H groups in total. The number of fused-ring (bicyclic) bond motifs is 1. The molecule has 2 atom stereocenters. The SMILES string of the molecule is Cc1ccsc1CN1CCN(Cc2ccncc2)C2CS(=O)(=O)CC21. The highest BCUT2D eigenvalue weighted by molar-refractivity contribution is 7.91. The molecule has 2 aromatic rings. The van der Waals surface area contributed by atoms with Crippen molar-refractivity contribution in [2.24, 2.45) is 0 Å². The zero-order valence-corrected chi connectivity index (χ0v) is 16.0. The van der Waals surface area contributed by atoms with Crippen molar-refractivity contribution < 1.29 is 8.42 Å². The van der Waals surface area contributed by atoms with Crippen LogP contribution < -0.4 is 0 Å². The van der Waals surface area contributed by atoms with Crippen molar-refractivity contribution in [2.45, 2.75) is 32.1 Å². The van der Waals surface area contributed by atoms with Crippen LogP contribution in [-0.4, -0.2) is 59.9 Å². The van der Waals surface area contributed by atoms with Crippen LogP contribution in [-0.2, 0) is 22.9 Å². The zero-order chi connectivity index (χ0) is 17.4. The summed E-state index contributed by atoms with van der Waals surface area (Å²) in [5, 5.41) is 2.12. The molecule has 2 saturated heterocycles. The zero-order valence-electron chi connectivity index (χ0n) is 14.3. The minimum Gasteiger partial charge on any atom is -0.292 e. The van der Waals surface area contributed by atoms with Gasteiger partial charge in [0, 0.05) is 55.5 Å². The fraction of sp³-hybridized carbons (Fsp3) is 0.500. The lowest BCUT2D eigenvalue weighted by Gasteiger charge is -2.44. The highest BCUT2D eigenvalue weighted by Gasteiger charge is 2.46. The number of aryl methyl sites for hydroxylation is 1. The van der Waals surface area contributed by atoms with Crippen LogP contribution in [0, 0.1) is 6.92 Å². The summed E-state index contributed by atoms with van der Waals surface area (Å²) in [6.45, 7) is 5.62. The van der Waals surface area contributed by atoms with E-state index in [2.05, 4.69) is 33.2 Å². The summed E-state index contributed by atoms with van der Waals surface area (Å²) in [4.78, 5) is 10.2. The summed E-state index contributed by atoms with van der Waals surface area (Å²) < 4.78 is 24.7. The van der Waals surface area contributed by atoms with E-state index in [-0.39, 0.29) is 23.6 Å². The number of aromatic nitrogens is 1. The number of nitrogens with zero attached hydrogens (tertiary/aromatic N) is 3. The molecule has 0 spiro atoms. The van der Waals surface area contributed by atoms with E-state index in [1.54, 1.807) is 23.7 Å². The second-order valence-electron chi connectivity index (χ2n) is 7.03. The molecule has 25 heavy (non-hydrogen) atoms. The van der Waals surface area contributed by atoms with E-state index in [4.69, 9.17) is 0 Å². The van der Waals surface area contributed by atoms with Crippen molar-refractivity contribution in [3.63, 3.8) is 0 Å². The molecule has 0 aromatic carbocycles. The minimum atomic E-state index is -2.97. The third-order valence-corrected chi connectivity index (χ3v) is 8.06. The summed E-state index contributed by atoms with van der Waals surface area (Å²) in [7, 11) is -2.97. The largest absolute Gasteiger partial charge is 0.292 e. The van der Waals surface area contributed by atoms with Gasteiger partial charge in [-0.15, -0.1) is 11.3 Å². The first-order chi connectivity index (χ1) is 12.0. The lowest BCUT2D eigenvalue weighted by molar-refractivity contribution is 0.0360. The maximum Gasteiger partial charge on any atom is 0.153 e. The van der Waals surface area contributed by atoms with Gasteiger partial charge >= 0.3 is 0 Å². The van der Waals surface area contributed by atoms with Crippen molar-refractivity contribution in [3.8, 4) is 0 Å². The Labute approximate surface area is 153 Å². The molecule has 7 heteroatoms. The highest BCUT2D eigenvalue weighted by Crippen LogP contribution is 2.30. The van der Waals surface area contributed by atoms with Gasteiger partial charge in [-0.3, -0.25) is 14.8 Å². The van der Waals surface area contributed by atoms with E-state index < -0.39 is 9.84 Å². The summed E-state index contributed by atoms with van der Waals surface area (Å²) >= 11 is 1.77. The molecule has 2 unspecified atom stereocenters. The van der Waals surface area contributed by atoms with Gasteiger partial charge in [-0.2, -0.15) is 0 Å². The maximum absolute atomic E-state index is 12.3. The second kappa shape index (κ2) is 6.79. The molecule has 0 radical (unpaired) electrons. The first-order valence-corrected chi connectivity index (χ1v) is 11.3. The number of rotatable bonds is 4. The first kappa shape index (κ1) is 17.1. The molecule has 2 fully saturated rings. The van der Waals surface area contributed by atoms with Gasteiger partial charge < -0.3 is 0 Å². The van der Waals surface area contributed by atoms with E-state index in [0.717, 1.165) is 26.2 Å². The Bertz CT molecular complexity index is 835. The number of hydrogen-bond donors (Lipinski definition) is 0. The molecule has 4 rings (SSSR count). The third-order valence-electron chi connectivity index (χ3n) is 5.36. The van der Waals surface area contributed by atoms with Crippen molar-refractivity contribution in [1.29, 1.82) is 0 Å². The second-order valence-corrected chi connectivity index (χ2v) is 10.2. The Hall–Kier alpha value is -1.28. The van der Waals surface area contributed by atoms with Crippen molar-refractivity contribution >= 4 is 21.2 Å². The van der Waals surface area contributed by atoms with Crippen molar-refractivity contribution in [2.75, 3.05) is 24.6 Å².